The van der Waals surface area contributed by atoms with E-state index >= 15 is 0 Å². The van der Waals surface area contributed by atoms with Crippen molar-refractivity contribution < 1.29 is 27.8 Å². The maximum Gasteiger partial charge on any atom is 0.418 e. The van der Waals surface area contributed by atoms with Gasteiger partial charge in [0, 0.05) is 26.3 Å². The highest BCUT2D eigenvalue weighted by atomic mass is 35.5. The minimum Gasteiger partial charge on any atom is -0.381 e. The maximum absolute atomic E-state index is 12.9. The number of hydrogen-bond donors (Lipinski definition) is 2. The van der Waals surface area contributed by atoms with Gasteiger partial charge < -0.3 is 20.5 Å². The first-order valence-corrected chi connectivity index (χ1v) is 7.10. The number of ether oxygens (including phenoxy) is 1. The molecule has 2 saturated heterocycles. The molecule has 0 radical (unpaired) electrons. The van der Waals surface area contributed by atoms with Crippen molar-refractivity contribution in [1.29, 1.82) is 0 Å². The van der Waals surface area contributed by atoms with E-state index < -0.39 is 29.6 Å². The molecule has 2 aliphatic heterocycles. The van der Waals surface area contributed by atoms with Gasteiger partial charge in [-0.3, -0.25) is 4.79 Å². The van der Waals surface area contributed by atoms with Crippen molar-refractivity contribution in [3.05, 3.63) is 0 Å². The number of aliphatic hydroxyl groups is 1. The lowest BCUT2D eigenvalue weighted by atomic mass is 9.78. The highest BCUT2D eigenvalue weighted by molar-refractivity contribution is 5.85. The molecule has 2 heterocycles. The summed E-state index contributed by atoms with van der Waals surface area (Å²) in [4.78, 5) is 13.8. The molecule has 3 N–H and O–H groups in total. The molecule has 0 spiro atoms. The fourth-order valence-electron chi connectivity index (χ4n) is 3.04. The van der Waals surface area contributed by atoms with Crippen molar-refractivity contribution >= 4 is 18.3 Å². The molecule has 5 nitrogen and oxygen atoms in total. The van der Waals surface area contributed by atoms with Gasteiger partial charge in [0.15, 0.2) is 5.60 Å². The van der Waals surface area contributed by atoms with Crippen LogP contribution in [-0.2, 0) is 9.53 Å². The molecule has 0 bridgehead atoms. The highest BCUT2D eigenvalue weighted by Crippen LogP contribution is 2.39. The number of piperidine rings is 1. The molecule has 1 amide bonds. The molecule has 1 unspecified atom stereocenters. The fourth-order valence-corrected chi connectivity index (χ4v) is 3.04. The van der Waals surface area contributed by atoms with E-state index in [1.807, 2.05) is 0 Å². The van der Waals surface area contributed by atoms with Crippen LogP contribution in [0.5, 0.6) is 0 Å². The lowest BCUT2D eigenvalue weighted by molar-refractivity contribution is -0.273. The number of hydrogen-bond acceptors (Lipinski definition) is 4. The Morgan fingerprint density at radius 2 is 1.86 bits per heavy atom. The molecule has 22 heavy (non-hydrogen) atoms. The molecule has 1 atom stereocenters. The van der Waals surface area contributed by atoms with E-state index in [9.17, 15) is 23.1 Å². The number of alkyl halides is 3. The molecule has 9 heteroatoms. The Morgan fingerprint density at radius 3 is 2.36 bits per heavy atom. The average Bonchev–Trinajstić information content (AvgIpc) is 2.46. The van der Waals surface area contributed by atoms with E-state index in [1.165, 1.54) is 0 Å². The lowest BCUT2D eigenvalue weighted by Gasteiger charge is -2.44. The second-order valence-corrected chi connectivity index (χ2v) is 5.96. The Balaban J connectivity index is 0.00000242. The summed E-state index contributed by atoms with van der Waals surface area (Å²) < 4.78 is 44.1. The fraction of sp³-hybridized carbons (Fsp3) is 0.923. The van der Waals surface area contributed by atoms with Crippen molar-refractivity contribution in [3.8, 4) is 0 Å². The van der Waals surface area contributed by atoms with E-state index in [-0.39, 0.29) is 38.3 Å². The molecule has 0 saturated carbocycles. The van der Waals surface area contributed by atoms with E-state index in [0.717, 1.165) is 4.90 Å². The van der Waals surface area contributed by atoms with E-state index in [4.69, 9.17) is 10.5 Å². The van der Waals surface area contributed by atoms with Crippen LogP contribution in [0.25, 0.3) is 0 Å². The van der Waals surface area contributed by atoms with Crippen LogP contribution in [0.4, 0.5) is 13.2 Å². The maximum atomic E-state index is 12.9. The number of nitrogens with two attached hydrogens (primary N) is 1. The van der Waals surface area contributed by atoms with Crippen molar-refractivity contribution in [2.75, 3.05) is 32.8 Å². The summed E-state index contributed by atoms with van der Waals surface area (Å²) in [7, 11) is 0. The van der Waals surface area contributed by atoms with Crippen LogP contribution < -0.4 is 5.73 Å². The van der Waals surface area contributed by atoms with Gasteiger partial charge in [0.25, 0.3) is 0 Å². The Kier molecular flexibility index (Phi) is 6.11. The van der Waals surface area contributed by atoms with Gasteiger partial charge in [-0.15, -0.1) is 12.4 Å². The summed E-state index contributed by atoms with van der Waals surface area (Å²) in [6.07, 6.45) is -4.18. The zero-order valence-electron chi connectivity index (χ0n) is 12.2. The standard InChI is InChI=1S/C13H21F3N2O3.ClH/c14-13(15,16)12(20)2-1-5-18(9-12)10(19)11(8-17)3-6-21-7-4-11;/h20H,1-9,17H2;1H. The summed E-state index contributed by atoms with van der Waals surface area (Å²) in [5.74, 6) is -0.393. The second-order valence-electron chi connectivity index (χ2n) is 5.96. The van der Waals surface area contributed by atoms with Gasteiger partial charge in [-0.05, 0) is 25.7 Å². The van der Waals surface area contributed by atoms with Gasteiger partial charge >= 0.3 is 6.18 Å². The van der Waals surface area contributed by atoms with E-state index in [0.29, 0.717) is 26.1 Å². The number of carbonyl (C=O) groups is 1. The Hall–Kier alpha value is -0.570. The van der Waals surface area contributed by atoms with Crippen LogP contribution in [0.2, 0.25) is 0 Å². The zero-order valence-corrected chi connectivity index (χ0v) is 13.0. The van der Waals surface area contributed by atoms with Gasteiger partial charge in [-0.1, -0.05) is 0 Å². The lowest BCUT2D eigenvalue weighted by Crippen LogP contribution is -2.61. The summed E-state index contributed by atoms with van der Waals surface area (Å²) in [5, 5.41) is 9.81. The van der Waals surface area contributed by atoms with Crippen LogP contribution in [0.15, 0.2) is 0 Å². The third kappa shape index (κ3) is 3.50. The van der Waals surface area contributed by atoms with E-state index in [2.05, 4.69) is 0 Å². The SMILES string of the molecule is Cl.NCC1(C(=O)N2CCCC(O)(C(F)(F)F)C2)CCOCC1. The summed E-state index contributed by atoms with van der Waals surface area (Å²) in [6, 6.07) is 0. The Bertz CT molecular complexity index is 402. The third-order valence-corrected chi connectivity index (χ3v) is 4.58. The number of carbonyl (C=O) groups excluding carboxylic acids is 1. The summed E-state index contributed by atoms with van der Waals surface area (Å²) >= 11 is 0. The number of nitrogens with zero attached hydrogens (tertiary/aromatic N) is 1. The monoisotopic (exact) mass is 346 g/mol. The second kappa shape index (κ2) is 6.90. The van der Waals surface area contributed by atoms with Gasteiger partial charge in [0.1, 0.15) is 0 Å². The largest absolute Gasteiger partial charge is 0.418 e. The van der Waals surface area contributed by atoms with Crippen LogP contribution in [-0.4, -0.2) is 60.5 Å². The molecule has 2 fully saturated rings. The molecule has 0 aromatic carbocycles. The number of β-amino-alcohol motifs (C(OH)–C–C–N with tert-alkyl or cyclic N) is 1. The molecular formula is C13H22ClF3N2O3. The van der Waals surface area contributed by atoms with Gasteiger partial charge in [0.2, 0.25) is 5.91 Å². The molecule has 2 aliphatic rings. The minimum absolute atomic E-state index is 0. The van der Waals surface area contributed by atoms with Crippen molar-refractivity contribution in [2.24, 2.45) is 11.1 Å². The first-order valence-electron chi connectivity index (χ1n) is 7.10. The van der Waals surface area contributed by atoms with Crippen LogP contribution in [0.3, 0.4) is 0 Å². The number of likely N-dealkylation sites (tertiary alicyclic amines) is 1. The molecule has 0 aromatic rings. The van der Waals surface area contributed by atoms with E-state index in [1.54, 1.807) is 0 Å². The molecule has 0 aromatic heterocycles. The summed E-state index contributed by atoms with van der Waals surface area (Å²) in [6.45, 7) is 0.342. The number of amides is 1. The van der Waals surface area contributed by atoms with Crippen molar-refractivity contribution in [3.63, 3.8) is 0 Å². The minimum atomic E-state index is -4.74. The Labute approximate surface area is 133 Å². The summed E-state index contributed by atoms with van der Waals surface area (Å²) in [5.41, 5.74) is 2.03. The number of rotatable bonds is 2. The first-order chi connectivity index (χ1) is 9.74. The Morgan fingerprint density at radius 1 is 1.27 bits per heavy atom. The molecular weight excluding hydrogens is 325 g/mol. The normalized spacial score (nSPS) is 28.9. The van der Waals surface area contributed by atoms with Crippen LogP contribution >= 0.6 is 12.4 Å². The zero-order chi connectivity index (χ0) is 15.7. The molecule has 0 aliphatic carbocycles. The first kappa shape index (κ1) is 19.5. The molecule has 2 rings (SSSR count). The third-order valence-electron chi connectivity index (χ3n) is 4.58. The van der Waals surface area contributed by atoms with Crippen LogP contribution in [0, 0.1) is 5.41 Å². The highest BCUT2D eigenvalue weighted by Gasteiger charge is 2.57. The van der Waals surface area contributed by atoms with Crippen molar-refractivity contribution in [2.45, 2.75) is 37.5 Å². The van der Waals surface area contributed by atoms with Gasteiger partial charge in [-0.25, -0.2) is 0 Å². The predicted octanol–water partition coefficient (Wildman–Crippen LogP) is 1.08. The van der Waals surface area contributed by atoms with Gasteiger partial charge in [-0.2, -0.15) is 13.2 Å². The average molecular weight is 347 g/mol. The predicted molar refractivity (Wildman–Crippen MR) is 75.6 cm³/mol. The van der Waals surface area contributed by atoms with Gasteiger partial charge in [0.05, 0.1) is 12.0 Å². The van der Waals surface area contributed by atoms with Crippen molar-refractivity contribution in [1.82, 2.24) is 4.90 Å². The number of halogens is 4. The van der Waals surface area contributed by atoms with Crippen LogP contribution in [0.1, 0.15) is 25.7 Å². The molecule has 130 valence electrons. The quantitative estimate of drug-likeness (QED) is 0.784. The topological polar surface area (TPSA) is 75.8 Å². The smallest absolute Gasteiger partial charge is 0.381 e.